The number of nitrogens with zero attached hydrogens (tertiary/aromatic N) is 3. The highest BCUT2D eigenvalue weighted by molar-refractivity contribution is 6.33. The summed E-state index contributed by atoms with van der Waals surface area (Å²) in [5.41, 5.74) is 1.73. The Labute approximate surface area is 116 Å². The Balaban J connectivity index is 2.44. The molecule has 0 spiro atoms. The van der Waals surface area contributed by atoms with Gasteiger partial charge in [-0.1, -0.05) is 35.3 Å². The third kappa shape index (κ3) is 2.83. The first kappa shape index (κ1) is 13.3. The van der Waals surface area contributed by atoms with E-state index in [2.05, 4.69) is 15.6 Å². The van der Waals surface area contributed by atoms with Gasteiger partial charge in [-0.05, 0) is 30.3 Å². The molecule has 0 aliphatic heterocycles. The van der Waals surface area contributed by atoms with Gasteiger partial charge in [0.25, 0.3) is 0 Å². The fourth-order valence-corrected chi connectivity index (χ4v) is 2.22. The minimum absolute atomic E-state index is 0.102. The van der Waals surface area contributed by atoms with E-state index < -0.39 is 0 Å². The quantitative estimate of drug-likeness (QED) is 0.939. The van der Waals surface area contributed by atoms with Crippen molar-refractivity contribution in [2.75, 3.05) is 6.54 Å². The highest BCUT2D eigenvalue weighted by Gasteiger charge is 2.19. The van der Waals surface area contributed by atoms with Gasteiger partial charge >= 0.3 is 0 Å². The first-order valence-corrected chi connectivity index (χ1v) is 6.42. The summed E-state index contributed by atoms with van der Waals surface area (Å²) < 4.78 is 1.66. The molecule has 6 heteroatoms. The summed E-state index contributed by atoms with van der Waals surface area (Å²) in [6, 6.07) is 5.31. The van der Waals surface area contributed by atoms with Gasteiger partial charge in [-0.15, -0.1) is 5.10 Å². The molecule has 0 aliphatic rings. The van der Waals surface area contributed by atoms with Crippen molar-refractivity contribution in [3.63, 3.8) is 0 Å². The second-order valence-corrected chi connectivity index (χ2v) is 4.82. The maximum atomic E-state index is 6.23. The fourth-order valence-electron chi connectivity index (χ4n) is 1.81. The van der Waals surface area contributed by atoms with Crippen LogP contribution < -0.4 is 5.32 Å². The fraction of sp³-hybridized carbons (Fsp3) is 0.333. The lowest BCUT2D eigenvalue weighted by Crippen LogP contribution is -2.22. The van der Waals surface area contributed by atoms with Crippen molar-refractivity contribution in [1.29, 1.82) is 0 Å². The minimum atomic E-state index is -0.102. The van der Waals surface area contributed by atoms with E-state index in [1.54, 1.807) is 16.8 Å². The first-order chi connectivity index (χ1) is 8.61. The van der Waals surface area contributed by atoms with Crippen molar-refractivity contribution >= 4 is 23.2 Å². The predicted octanol–water partition coefficient (Wildman–Crippen LogP) is 2.82. The van der Waals surface area contributed by atoms with Gasteiger partial charge in [0.1, 0.15) is 5.69 Å². The Morgan fingerprint density at radius 2 is 2.17 bits per heavy atom. The van der Waals surface area contributed by atoms with Crippen LogP contribution in [-0.2, 0) is 7.05 Å². The molecule has 0 bridgehead atoms. The summed E-state index contributed by atoms with van der Waals surface area (Å²) in [6.07, 6.45) is 1.87. The third-order valence-corrected chi connectivity index (χ3v) is 3.17. The van der Waals surface area contributed by atoms with Gasteiger partial charge in [-0.25, -0.2) is 0 Å². The Bertz CT molecular complexity index is 539. The van der Waals surface area contributed by atoms with Crippen LogP contribution in [-0.4, -0.2) is 21.5 Å². The monoisotopic (exact) mass is 284 g/mol. The highest BCUT2D eigenvalue weighted by atomic mass is 35.5. The second kappa shape index (κ2) is 5.69. The number of hydrogen-bond donors (Lipinski definition) is 1. The van der Waals surface area contributed by atoms with Crippen LogP contribution in [0.25, 0.3) is 0 Å². The van der Waals surface area contributed by atoms with Crippen LogP contribution >= 0.6 is 23.2 Å². The molecule has 0 fully saturated rings. The van der Waals surface area contributed by atoms with E-state index in [1.165, 1.54) is 0 Å². The lowest BCUT2D eigenvalue weighted by Gasteiger charge is -2.17. The molecular formula is C12H14Cl2N4. The molecule has 2 rings (SSSR count). The van der Waals surface area contributed by atoms with Crippen LogP contribution in [0.15, 0.2) is 24.4 Å². The molecule has 0 saturated carbocycles. The Morgan fingerprint density at radius 1 is 1.39 bits per heavy atom. The van der Waals surface area contributed by atoms with E-state index in [0.717, 1.165) is 17.8 Å². The lowest BCUT2D eigenvalue weighted by atomic mass is 10.0. The standard InChI is InChI=1S/C12H14Cl2N4/c1-3-15-12(11-7-18(2)17-16-11)9-6-8(13)4-5-10(9)14/h4-7,12,15H,3H2,1-2H3. The number of halogens is 2. The summed E-state index contributed by atoms with van der Waals surface area (Å²) in [7, 11) is 1.83. The molecule has 4 nitrogen and oxygen atoms in total. The summed E-state index contributed by atoms with van der Waals surface area (Å²) in [6.45, 7) is 2.83. The van der Waals surface area contributed by atoms with Crippen molar-refractivity contribution in [1.82, 2.24) is 20.3 Å². The first-order valence-electron chi connectivity index (χ1n) is 5.66. The van der Waals surface area contributed by atoms with Crippen LogP contribution in [0.1, 0.15) is 24.2 Å². The van der Waals surface area contributed by atoms with E-state index in [-0.39, 0.29) is 6.04 Å². The van der Waals surface area contributed by atoms with E-state index in [4.69, 9.17) is 23.2 Å². The van der Waals surface area contributed by atoms with E-state index in [0.29, 0.717) is 10.0 Å². The maximum Gasteiger partial charge on any atom is 0.104 e. The molecule has 2 aromatic rings. The van der Waals surface area contributed by atoms with E-state index in [1.807, 2.05) is 26.2 Å². The highest BCUT2D eigenvalue weighted by Crippen LogP contribution is 2.29. The van der Waals surface area contributed by atoms with Crippen molar-refractivity contribution in [3.05, 3.63) is 45.7 Å². The minimum Gasteiger partial charge on any atom is -0.305 e. The normalized spacial score (nSPS) is 12.7. The molecule has 0 aliphatic carbocycles. The second-order valence-electron chi connectivity index (χ2n) is 3.97. The molecule has 1 atom stereocenters. The van der Waals surface area contributed by atoms with Crippen molar-refractivity contribution < 1.29 is 0 Å². The molecule has 1 unspecified atom stereocenters. The molecule has 0 saturated heterocycles. The number of aryl methyl sites for hydroxylation is 1. The Hall–Kier alpha value is -1.10. The molecule has 1 aromatic carbocycles. The smallest absolute Gasteiger partial charge is 0.104 e. The lowest BCUT2D eigenvalue weighted by molar-refractivity contribution is 0.613. The Kier molecular flexibility index (Phi) is 4.22. The number of benzene rings is 1. The van der Waals surface area contributed by atoms with Gasteiger partial charge in [0.05, 0.1) is 12.2 Å². The van der Waals surface area contributed by atoms with Crippen LogP contribution in [0, 0.1) is 0 Å². The average molecular weight is 285 g/mol. The average Bonchev–Trinajstić information content (AvgIpc) is 2.76. The molecule has 1 N–H and O–H groups in total. The maximum absolute atomic E-state index is 6.23. The molecule has 1 aromatic heterocycles. The van der Waals surface area contributed by atoms with Crippen LogP contribution in [0.3, 0.4) is 0 Å². The van der Waals surface area contributed by atoms with Crippen molar-refractivity contribution in [2.45, 2.75) is 13.0 Å². The zero-order valence-electron chi connectivity index (χ0n) is 10.2. The van der Waals surface area contributed by atoms with Gasteiger partial charge in [0.15, 0.2) is 0 Å². The molecule has 0 radical (unpaired) electrons. The van der Waals surface area contributed by atoms with Gasteiger partial charge < -0.3 is 5.32 Å². The van der Waals surface area contributed by atoms with Crippen molar-refractivity contribution in [2.24, 2.45) is 7.05 Å². The van der Waals surface area contributed by atoms with Gasteiger partial charge in [-0.2, -0.15) is 0 Å². The number of aromatic nitrogens is 3. The van der Waals surface area contributed by atoms with Crippen LogP contribution in [0.4, 0.5) is 0 Å². The van der Waals surface area contributed by atoms with E-state index >= 15 is 0 Å². The SMILES string of the molecule is CCNC(c1cn(C)nn1)c1cc(Cl)ccc1Cl. The van der Waals surface area contributed by atoms with Crippen molar-refractivity contribution in [3.8, 4) is 0 Å². The summed E-state index contributed by atoms with van der Waals surface area (Å²) in [5.74, 6) is 0. The molecule has 96 valence electrons. The predicted molar refractivity (Wildman–Crippen MR) is 73.0 cm³/mol. The number of hydrogen-bond acceptors (Lipinski definition) is 3. The largest absolute Gasteiger partial charge is 0.305 e. The van der Waals surface area contributed by atoms with Crippen LogP contribution in [0.5, 0.6) is 0 Å². The topological polar surface area (TPSA) is 42.7 Å². The number of nitrogens with one attached hydrogen (secondary N) is 1. The van der Waals surface area contributed by atoms with Gasteiger partial charge in [0, 0.05) is 17.1 Å². The van der Waals surface area contributed by atoms with E-state index in [9.17, 15) is 0 Å². The molecule has 18 heavy (non-hydrogen) atoms. The zero-order chi connectivity index (χ0) is 13.1. The van der Waals surface area contributed by atoms with Gasteiger partial charge in [0.2, 0.25) is 0 Å². The zero-order valence-corrected chi connectivity index (χ0v) is 11.7. The molecule has 0 amide bonds. The summed E-state index contributed by atoms with van der Waals surface area (Å²) >= 11 is 12.3. The number of rotatable bonds is 4. The molecular weight excluding hydrogens is 271 g/mol. The Morgan fingerprint density at radius 3 is 2.78 bits per heavy atom. The van der Waals surface area contributed by atoms with Crippen LogP contribution in [0.2, 0.25) is 10.0 Å². The third-order valence-electron chi connectivity index (χ3n) is 2.59. The summed E-state index contributed by atoms with van der Waals surface area (Å²) in [4.78, 5) is 0. The molecule has 1 heterocycles. The van der Waals surface area contributed by atoms with Gasteiger partial charge in [-0.3, -0.25) is 4.68 Å². The summed E-state index contributed by atoms with van der Waals surface area (Å²) in [5, 5.41) is 12.7.